The molecular weight excluding hydrogens is 420 g/mol. The summed E-state index contributed by atoms with van der Waals surface area (Å²) >= 11 is 0. The van der Waals surface area contributed by atoms with E-state index in [0.717, 1.165) is 56.7 Å². The molecule has 3 saturated heterocycles. The molecule has 0 radical (unpaired) electrons. The highest BCUT2D eigenvalue weighted by Gasteiger charge is 2.39. The van der Waals surface area contributed by atoms with Crippen LogP contribution in [0.15, 0.2) is 30.3 Å². The smallest absolute Gasteiger partial charge is 0.227 e. The summed E-state index contributed by atoms with van der Waals surface area (Å²) in [6.45, 7) is 3.91. The Kier molecular flexibility index (Phi) is 5.03. The van der Waals surface area contributed by atoms with Gasteiger partial charge in [-0.2, -0.15) is 0 Å². The molecule has 3 aromatic heterocycles. The summed E-state index contributed by atoms with van der Waals surface area (Å²) in [7, 11) is 0. The second kappa shape index (κ2) is 8.07. The van der Waals surface area contributed by atoms with Crippen molar-refractivity contribution >= 4 is 22.9 Å². The molecule has 9 nitrogen and oxygen atoms in total. The van der Waals surface area contributed by atoms with Gasteiger partial charge in [-0.1, -0.05) is 6.07 Å². The van der Waals surface area contributed by atoms with E-state index in [1.165, 1.54) is 0 Å². The van der Waals surface area contributed by atoms with Gasteiger partial charge in [0.15, 0.2) is 17.1 Å². The number of hydrogen-bond donors (Lipinski definition) is 2. The first kappa shape index (κ1) is 20.6. The molecule has 9 heteroatoms. The predicted molar refractivity (Wildman–Crippen MR) is 123 cm³/mol. The number of fused-ring (bicyclic) bond motifs is 1. The molecular formula is C24H28N6O3. The second-order valence-electron chi connectivity index (χ2n) is 9.37. The average Bonchev–Trinajstić information content (AvgIpc) is 3.52. The van der Waals surface area contributed by atoms with Crippen LogP contribution >= 0.6 is 0 Å². The Balaban J connectivity index is 1.23. The van der Waals surface area contributed by atoms with E-state index in [9.17, 15) is 9.90 Å². The van der Waals surface area contributed by atoms with E-state index in [2.05, 4.69) is 19.9 Å². The predicted octanol–water partition coefficient (Wildman–Crippen LogP) is 2.08. The van der Waals surface area contributed by atoms with Gasteiger partial charge in [-0.15, -0.1) is 0 Å². The number of hydrogen-bond acceptors (Lipinski definition) is 7. The Morgan fingerprint density at radius 1 is 1.06 bits per heavy atom. The fraction of sp³-hybridized carbons (Fsp3) is 0.500. The number of H-pyrrole nitrogens is 1. The number of imidazole rings is 1. The number of anilines is 1. The van der Waals surface area contributed by atoms with E-state index >= 15 is 0 Å². The van der Waals surface area contributed by atoms with E-state index in [0.29, 0.717) is 35.3 Å². The Hall–Kier alpha value is -3.04. The molecule has 6 rings (SSSR count). The van der Waals surface area contributed by atoms with Crippen molar-refractivity contribution in [2.45, 2.75) is 31.3 Å². The van der Waals surface area contributed by atoms with Crippen LogP contribution in [-0.4, -0.2) is 75.2 Å². The van der Waals surface area contributed by atoms with Crippen molar-refractivity contribution in [3.8, 4) is 11.5 Å². The molecule has 0 bridgehead atoms. The Morgan fingerprint density at radius 2 is 1.91 bits per heavy atom. The van der Waals surface area contributed by atoms with Crippen LogP contribution in [0.1, 0.15) is 31.4 Å². The number of piperidine rings is 1. The lowest BCUT2D eigenvalue weighted by atomic mass is 9.96. The van der Waals surface area contributed by atoms with Gasteiger partial charge in [0.1, 0.15) is 17.0 Å². The van der Waals surface area contributed by atoms with E-state index in [4.69, 9.17) is 9.72 Å². The summed E-state index contributed by atoms with van der Waals surface area (Å²) in [6, 6.07) is 9.48. The van der Waals surface area contributed by atoms with Gasteiger partial charge < -0.3 is 24.6 Å². The van der Waals surface area contributed by atoms with Gasteiger partial charge in [-0.05, 0) is 49.9 Å². The molecule has 1 atom stereocenters. The molecule has 172 valence electrons. The maximum absolute atomic E-state index is 12.9. The molecule has 3 aliphatic heterocycles. The normalized spacial score (nSPS) is 22.5. The number of rotatable bonds is 4. The molecule has 0 aliphatic carbocycles. The summed E-state index contributed by atoms with van der Waals surface area (Å²) in [5.41, 5.74) is 1.66. The summed E-state index contributed by atoms with van der Waals surface area (Å²) < 4.78 is 5.16. The van der Waals surface area contributed by atoms with E-state index < -0.39 is 5.60 Å². The summed E-state index contributed by atoms with van der Waals surface area (Å²) in [5, 5.41) is 10.5. The van der Waals surface area contributed by atoms with Crippen LogP contribution in [0.4, 0.5) is 5.82 Å². The first-order valence-electron chi connectivity index (χ1n) is 11.8. The van der Waals surface area contributed by atoms with Crippen LogP contribution < -0.4 is 4.90 Å². The van der Waals surface area contributed by atoms with Crippen LogP contribution in [0, 0.1) is 5.92 Å². The molecule has 3 aliphatic rings. The van der Waals surface area contributed by atoms with Gasteiger partial charge in [0.25, 0.3) is 0 Å². The van der Waals surface area contributed by atoms with Crippen molar-refractivity contribution in [2.24, 2.45) is 5.92 Å². The summed E-state index contributed by atoms with van der Waals surface area (Å²) in [6.07, 6.45) is 4.17. The molecule has 3 fully saturated rings. The third-order valence-electron chi connectivity index (χ3n) is 6.99. The van der Waals surface area contributed by atoms with Crippen molar-refractivity contribution in [2.75, 3.05) is 44.3 Å². The minimum absolute atomic E-state index is 0.0416. The maximum Gasteiger partial charge on any atom is 0.227 e. The Labute approximate surface area is 191 Å². The molecule has 0 unspecified atom stereocenters. The fourth-order valence-corrected chi connectivity index (χ4v) is 5.03. The lowest BCUT2D eigenvalue weighted by molar-refractivity contribution is -0.186. The first-order chi connectivity index (χ1) is 16.1. The number of aromatic nitrogens is 4. The minimum Gasteiger partial charge on any atom is -0.379 e. The standard InChI is InChI=1S/C24H28N6O3/c31-23(29-10-1-2-11-29)16-5-4-12-30(13-16)20-9-8-18-22(27-20)28-21(26-18)17-6-3-7-19(25-17)24(32)14-33-15-24/h3,6-9,16,32H,1-2,4-5,10-15H2,(H,26,27,28)/t16-/m1/s1. The van der Waals surface area contributed by atoms with Crippen LogP contribution in [-0.2, 0) is 15.1 Å². The van der Waals surface area contributed by atoms with Gasteiger partial charge in [-0.25, -0.2) is 15.0 Å². The number of aromatic amines is 1. The zero-order valence-electron chi connectivity index (χ0n) is 18.5. The number of carbonyl (C=O) groups excluding carboxylic acids is 1. The molecule has 0 spiro atoms. The molecule has 0 aromatic carbocycles. The van der Waals surface area contributed by atoms with Crippen LogP contribution in [0.25, 0.3) is 22.7 Å². The van der Waals surface area contributed by atoms with Crippen molar-refractivity contribution in [1.29, 1.82) is 0 Å². The van der Waals surface area contributed by atoms with Crippen LogP contribution in [0.2, 0.25) is 0 Å². The number of ether oxygens (including phenoxy) is 1. The van der Waals surface area contributed by atoms with Gasteiger partial charge in [0.2, 0.25) is 5.91 Å². The number of pyridine rings is 2. The fourth-order valence-electron chi connectivity index (χ4n) is 5.03. The quantitative estimate of drug-likeness (QED) is 0.629. The monoisotopic (exact) mass is 448 g/mol. The highest BCUT2D eigenvalue weighted by atomic mass is 16.5. The molecule has 1 amide bonds. The van der Waals surface area contributed by atoms with Gasteiger partial charge >= 0.3 is 0 Å². The minimum atomic E-state index is -1.02. The zero-order chi connectivity index (χ0) is 22.4. The number of carbonyl (C=O) groups is 1. The third kappa shape index (κ3) is 3.75. The van der Waals surface area contributed by atoms with Gasteiger partial charge in [0, 0.05) is 26.2 Å². The van der Waals surface area contributed by atoms with E-state index in [1.807, 2.05) is 29.2 Å². The maximum atomic E-state index is 12.9. The van der Waals surface area contributed by atoms with E-state index in [-0.39, 0.29) is 19.1 Å². The highest BCUT2D eigenvalue weighted by molar-refractivity contribution is 5.80. The number of nitrogens with one attached hydrogen (secondary N) is 1. The van der Waals surface area contributed by atoms with Gasteiger partial charge in [0.05, 0.1) is 24.8 Å². The lowest BCUT2D eigenvalue weighted by Crippen LogP contribution is -2.47. The van der Waals surface area contributed by atoms with Crippen molar-refractivity contribution in [3.05, 3.63) is 36.0 Å². The zero-order valence-corrected chi connectivity index (χ0v) is 18.5. The largest absolute Gasteiger partial charge is 0.379 e. The number of aliphatic hydroxyl groups is 1. The van der Waals surface area contributed by atoms with Crippen molar-refractivity contribution in [1.82, 2.24) is 24.8 Å². The number of likely N-dealkylation sites (tertiary alicyclic amines) is 1. The average molecular weight is 449 g/mol. The molecule has 6 heterocycles. The number of nitrogens with zero attached hydrogens (tertiary/aromatic N) is 5. The SMILES string of the molecule is O=C([C@@H]1CCCN(c2ccc3nc(-c4cccc(C5(O)COC5)n4)[nH]c3n2)C1)N1CCCC1. The van der Waals surface area contributed by atoms with Crippen LogP contribution in [0.5, 0.6) is 0 Å². The highest BCUT2D eigenvalue weighted by Crippen LogP contribution is 2.30. The van der Waals surface area contributed by atoms with Crippen LogP contribution in [0.3, 0.4) is 0 Å². The number of amides is 1. The molecule has 33 heavy (non-hydrogen) atoms. The van der Waals surface area contributed by atoms with Crippen molar-refractivity contribution in [3.63, 3.8) is 0 Å². The van der Waals surface area contributed by atoms with E-state index in [1.54, 1.807) is 6.07 Å². The summed E-state index contributed by atoms with van der Waals surface area (Å²) in [4.78, 5) is 34.5. The molecule has 2 N–H and O–H groups in total. The lowest BCUT2D eigenvalue weighted by Gasteiger charge is -2.35. The molecule has 0 saturated carbocycles. The Bertz CT molecular complexity index is 1180. The first-order valence-corrected chi connectivity index (χ1v) is 11.8. The third-order valence-corrected chi connectivity index (χ3v) is 6.99. The van der Waals surface area contributed by atoms with Crippen molar-refractivity contribution < 1.29 is 14.6 Å². The topological polar surface area (TPSA) is 107 Å². The second-order valence-corrected chi connectivity index (χ2v) is 9.37. The van der Waals surface area contributed by atoms with Gasteiger partial charge in [-0.3, -0.25) is 4.79 Å². The Morgan fingerprint density at radius 3 is 2.70 bits per heavy atom. The molecule has 3 aromatic rings. The summed E-state index contributed by atoms with van der Waals surface area (Å²) in [5.74, 6) is 1.81.